The first-order chi connectivity index (χ1) is 11.6. The number of aliphatic imine (C=N–C) groups is 1. The molecule has 1 aliphatic rings. The van der Waals surface area contributed by atoms with E-state index >= 15 is 0 Å². The van der Waals surface area contributed by atoms with E-state index in [1.54, 1.807) is 7.05 Å². The van der Waals surface area contributed by atoms with E-state index in [-0.39, 0.29) is 17.2 Å². The summed E-state index contributed by atoms with van der Waals surface area (Å²) < 4.78 is 0.273. The fourth-order valence-electron chi connectivity index (χ4n) is 2.69. The van der Waals surface area contributed by atoms with Crippen LogP contribution in [0.3, 0.4) is 0 Å². The Morgan fingerprint density at radius 1 is 1.25 bits per heavy atom. The summed E-state index contributed by atoms with van der Waals surface area (Å²) in [6.45, 7) is 4.03. The number of nitrogens with zero attached hydrogens (tertiary/aromatic N) is 1. The lowest BCUT2D eigenvalue weighted by atomic mass is 10.1. The van der Waals surface area contributed by atoms with Crippen LogP contribution in [0.1, 0.15) is 25.3 Å². The van der Waals surface area contributed by atoms with E-state index in [2.05, 4.69) is 40.0 Å². The number of rotatable bonds is 7. The van der Waals surface area contributed by atoms with Crippen LogP contribution in [-0.2, 0) is 11.2 Å². The van der Waals surface area contributed by atoms with Crippen molar-refractivity contribution in [3.05, 3.63) is 35.9 Å². The normalized spacial score (nSPS) is 20.7. The fourth-order valence-corrected chi connectivity index (χ4v) is 3.93. The summed E-state index contributed by atoms with van der Waals surface area (Å²) in [5.74, 6) is 1.89. The van der Waals surface area contributed by atoms with Gasteiger partial charge in [0.2, 0.25) is 5.91 Å². The number of carbonyl (C=O) groups excluding carboxylic acids is 1. The first kappa shape index (κ1) is 18.6. The Labute approximate surface area is 149 Å². The summed E-state index contributed by atoms with van der Waals surface area (Å²) >= 11 is 2.01. The molecule has 1 aliphatic heterocycles. The van der Waals surface area contributed by atoms with Crippen LogP contribution in [0.15, 0.2) is 35.3 Å². The zero-order chi connectivity index (χ0) is 17.3. The van der Waals surface area contributed by atoms with Crippen LogP contribution in [-0.4, -0.2) is 49.0 Å². The van der Waals surface area contributed by atoms with E-state index in [4.69, 9.17) is 0 Å². The van der Waals surface area contributed by atoms with Crippen LogP contribution in [0.2, 0.25) is 0 Å². The number of hydrogen-bond donors (Lipinski definition) is 3. The molecular weight excluding hydrogens is 320 g/mol. The molecule has 1 amide bonds. The summed E-state index contributed by atoms with van der Waals surface area (Å²) in [6.07, 6.45) is 3.34. The van der Waals surface area contributed by atoms with Crippen molar-refractivity contribution in [1.29, 1.82) is 0 Å². The number of amides is 1. The molecule has 3 N–H and O–H groups in total. The van der Waals surface area contributed by atoms with E-state index < -0.39 is 0 Å². The van der Waals surface area contributed by atoms with Gasteiger partial charge < -0.3 is 16.0 Å². The van der Waals surface area contributed by atoms with Gasteiger partial charge in [0.1, 0.15) is 0 Å². The van der Waals surface area contributed by atoms with Gasteiger partial charge in [-0.1, -0.05) is 30.3 Å². The van der Waals surface area contributed by atoms with E-state index in [0.717, 1.165) is 13.0 Å². The highest BCUT2D eigenvalue weighted by molar-refractivity contribution is 8.00. The average molecular weight is 349 g/mol. The predicted octanol–water partition coefficient (Wildman–Crippen LogP) is 1.80. The van der Waals surface area contributed by atoms with Gasteiger partial charge in [0.15, 0.2) is 5.96 Å². The van der Waals surface area contributed by atoms with Crippen LogP contribution in [0.4, 0.5) is 0 Å². The smallest absolute Gasteiger partial charge is 0.239 e. The maximum Gasteiger partial charge on any atom is 0.239 e. The molecule has 5 nitrogen and oxygen atoms in total. The van der Waals surface area contributed by atoms with E-state index in [9.17, 15) is 4.79 Å². The number of benzene rings is 1. The lowest BCUT2D eigenvalue weighted by molar-refractivity contribution is -0.119. The topological polar surface area (TPSA) is 65.5 Å². The van der Waals surface area contributed by atoms with Crippen molar-refractivity contribution < 1.29 is 4.79 Å². The number of hydrogen-bond acceptors (Lipinski definition) is 3. The van der Waals surface area contributed by atoms with Crippen molar-refractivity contribution in [2.75, 3.05) is 32.4 Å². The Balaban J connectivity index is 1.62. The second-order valence-corrected chi connectivity index (χ2v) is 7.95. The molecule has 0 radical (unpaired) electrons. The van der Waals surface area contributed by atoms with Gasteiger partial charge in [-0.15, -0.1) is 0 Å². The van der Waals surface area contributed by atoms with Crippen LogP contribution < -0.4 is 16.0 Å². The molecular formula is C18H28N4OS. The molecule has 24 heavy (non-hydrogen) atoms. The Morgan fingerprint density at radius 2 is 2.04 bits per heavy atom. The third-order valence-corrected chi connectivity index (χ3v) is 5.69. The number of nitrogens with one attached hydrogen (secondary N) is 3. The Hall–Kier alpha value is -1.69. The molecule has 6 heteroatoms. The molecule has 0 spiro atoms. The molecule has 0 bridgehead atoms. The highest BCUT2D eigenvalue weighted by atomic mass is 32.2. The highest BCUT2D eigenvalue weighted by Crippen LogP contribution is 2.36. The molecule has 1 atom stereocenters. The van der Waals surface area contributed by atoms with Crippen molar-refractivity contribution in [3.63, 3.8) is 0 Å². The van der Waals surface area contributed by atoms with Crippen LogP contribution in [0, 0.1) is 0 Å². The molecule has 1 aromatic carbocycles. The van der Waals surface area contributed by atoms with Crippen LogP contribution in [0.25, 0.3) is 0 Å². The van der Waals surface area contributed by atoms with Gasteiger partial charge in [-0.2, -0.15) is 11.8 Å². The number of thioether (sulfide) groups is 1. The third-order valence-electron chi connectivity index (χ3n) is 4.15. The van der Waals surface area contributed by atoms with Gasteiger partial charge in [0.05, 0.1) is 6.54 Å². The molecule has 0 aromatic heterocycles. The summed E-state index contributed by atoms with van der Waals surface area (Å²) in [5.41, 5.74) is 1.23. The minimum absolute atomic E-state index is 0.0182. The molecule has 132 valence electrons. The van der Waals surface area contributed by atoms with Gasteiger partial charge in [0.25, 0.3) is 0 Å². The molecule has 2 rings (SSSR count). The van der Waals surface area contributed by atoms with Gasteiger partial charge >= 0.3 is 0 Å². The summed E-state index contributed by atoms with van der Waals surface area (Å²) in [7, 11) is 1.73. The molecule has 1 fully saturated rings. The standard InChI is InChI=1S/C18H28N4OS/c1-18(10-6-12-24-18)14-22-17(19-2)21-13-16(23)20-11-9-15-7-4-3-5-8-15/h3-5,7-8H,6,9-14H2,1-2H3,(H,20,23)(H2,19,21,22). The average Bonchev–Trinajstić information content (AvgIpc) is 3.03. The Bertz CT molecular complexity index is 541. The van der Waals surface area contributed by atoms with E-state index in [1.807, 2.05) is 30.0 Å². The Kier molecular flexibility index (Phi) is 7.43. The maximum atomic E-state index is 11.9. The molecule has 0 saturated carbocycles. The van der Waals surface area contributed by atoms with Crippen molar-refractivity contribution in [1.82, 2.24) is 16.0 Å². The highest BCUT2D eigenvalue weighted by Gasteiger charge is 2.29. The third kappa shape index (κ3) is 6.43. The van der Waals surface area contributed by atoms with Gasteiger partial charge in [-0.25, -0.2) is 0 Å². The van der Waals surface area contributed by atoms with Gasteiger partial charge in [0, 0.05) is 24.9 Å². The monoisotopic (exact) mass is 348 g/mol. The largest absolute Gasteiger partial charge is 0.355 e. The molecule has 1 saturated heterocycles. The zero-order valence-electron chi connectivity index (χ0n) is 14.6. The second kappa shape index (κ2) is 9.57. The second-order valence-electron chi connectivity index (χ2n) is 6.27. The maximum absolute atomic E-state index is 11.9. The SMILES string of the molecule is CN=C(NCC(=O)NCCc1ccccc1)NCC1(C)CCCS1. The Morgan fingerprint density at radius 3 is 2.71 bits per heavy atom. The van der Waals surface area contributed by atoms with E-state index in [1.165, 1.54) is 24.2 Å². The van der Waals surface area contributed by atoms with Crippen molar-refractivity contribution in [2.24, 2.45) is 4.99 Å². The molecule has 1 aromatic rings. The van der Waals surface area contributed by atoms with Crippen LogP contribution >= 0.6 is 11.8 Å². The fraction of sp³-hybridized carbons (Fsp3) is 0.556. The van der Waals surface area contributed by atoms with Crippen LogP contribution in [0.5, 0.6) is 0 Å². The van der Waals surface area contributed by atoms with E-state index in [0.29, 0.717) is 12.5 Å². The van der Waals surface area contributed by atoms with Gasteiger partial charge in [-0.05, 0) is 37.5 Å². The quantitative estimate of drug-likeness (QED) is 0.519. The first-order valence-corrected chi connectivity index (χ1v) is 9.49. The number of carbonyl (C=O) groups is 1. The van der Waals surface area contributed by atoms with Crippen molar-refractivity contribution in [2.45, 2.75) is 30.9 Å². The summed E-state index contributed by atoms with van der Waals surface area (Å²) in [6, 6.07) is 10.2. The molecule has 1 unspecified atom stereocenters. The lowest BCUT2D eigenvalue weighted by Crippen LogP contribution is -2.46. The summed E-state index contributed by atoms with van der Waals surface area (Å²) in [4.78, 5) is 16.1. The molecule has 0 aliphatic carbocycles. The van der Waals surface area contributed by atoms with Crippen molar-refractivity contribution in [3.8, 4) is 0 Å². The zero-order valence-corrected chi connectivity index (χ0v) is 15.4. The first-order valence-electron chi connectivity index (χ1n) is 8.50. The minimum atomic E-state index is -0.0182. The number of guanidine groups is 1. The minimum Gasteiger partial charge on any atom is -0.355 e. The lowest BCUT2D eigenvalue weighted by Gasteiger charge is -2.24. The summed E-state index contributed by atoms with van der Waals surface area (Å²) in [5, 5.41) is 9.33. The molecule has 1 heterocycles. The van der Waals surface area contributed by atoms with Crippen molar-refractivity contribution >= 4 is 23.6 Å². The predicted molar refractivity (Wildman–Crippen MR) is 103 cm³/mol. The van der Waals surface area contributed by atoms with Gasteiger partial charge in [-0.3, -0.25) is 9.79 Å².